The lowest BCUT2D eigenvalue weighted by molar-refractivity contribution is -0.119. The molecule has 0 spiro atoms. The summed E-state index contributed by atoms with van der Waals surface area (Å²) in [7, 11) is -1.80. The first-order chi connectivity index (χ1) is 17.0. The van der Waals surface area contributed by atoms with Crippen molar-refractivity contribution in [3.05, 3.63) is 59.7 Å². The number of ether oxygens (including phenoxy) is 1. The van der Waals surface area contributed by atoms with Crippen molar-refractivity contribution in [3.8, 4) is 0 Å². The minimum Gasteiger partial charge on any atom is -0.383 e. The van der Waals surface area contributed by atoms with Gasteiger partial charge in [0.2, 0.25) is 15.9 Å². The third-order valence-electron chi connectivity index (χ3n) is 6.95. The van der Waals surface area contributed by atoms with E-state index in [-0.39, 0.29) is 5.91 Å². The van der Waals surface area contributed by atoms with Gasteiger partial charge in [-0.15, -0.1) is 0 Å². The molecular formula is C27H37N3O4S. The van der Waals surface area contributed by atoms with E-state index in [2.05, 4.69) is 29.2 Å². The molecule has 2 aromatic carbocycles. The van der Waals surface area contributed by atoms with Crippen molar-refractivity contribution in [2.75, 3.05) is 57.9 Å². The van der Waals surface area contributed by atoms with Crippen LogP contribution in [0.15, 0.2) is 53.4 Å². The summed E-state index contributed by atoms with van der Waals surface area (Å²) in [6.07, 6.45) is 5.53. The van der Waals surface area contributed by atoms with Crippen LogP contribution in [0.1, 0.15) is 36.8 Å². The maximum Gasteiger partial charge on any atom is 0.243 e. The van der Waals surface area contributed by atoms with Crippen molar-refractivity contribution in [2.45, 2.75) is 43.4 Å². The molecule has 35 heavy (non-hydrogen) atoms. The topological polar surface area (TPSA) is 70.2 Å². The van der Waals surface area contributed by atoms with Crippen LogP contribution in [0.25, 0.3) is 0 Å². The first-order valence-electron chi connectivity index (χ1n) is 12.7. The number of carbonyl (C=O) groups is 1. The molecule has 0 bridgehead atoms. The monoisotopic (exact) mass is 499 g/mol. The summed E-state index contributed by atoms with van der Waals surface area (Å²) in [4.78, 5) is 17.6. The van der Waals surface area contributed by atoms with Gasteiger partial charge in [0, 0.05) is 39.0 Å². The molecule has 0 saturated carbocycles. The molecule has 0 atom stereocenters. The molecule has 1 amide bonds. The Kier molecular flexibility index (Phi) is 8.94. The fraction of sp³-hybridized carbons (Fsp3) is 0.519. The van der Waals surface area contributed by atoms with Crippen molar-refractivity contribution >= 4 is 21.6 Å². The first-order valence-corrected chi connectivity index (χ1v) is 14.1. The van der Waals surface area contributed by atoms with Crippen molar-refractivity contribution in [1.29, 1.82) is 0 Å². The molecule has 190 valence electrons. The van der Waals surface area contributed by atoms with Gasteiger partial charge in [-0.2, -0.15) is 4.31 Å². The van der Waals surface area contributed by atoms with Crippen molar-refractivity contribution in [1.82, 2.24) is 9.21 Å². The van der Waals surface area contributed by atoms with Crippen LogP contribution in [-0.4, -0.2) is 76.5 Å². The second kappa shape index (κ2) is 12.1. The normalized spacial score (nSPS) is 16.6. The number of sulfonamides is 1. The molecule has 0 unspecified atom stereocenters. The number of fused-ring (bicyclic) bond motifs is 1. The number of anilines is 1. The van der Waals surface area contributed by atoms with E-state index in [1.54, 1.807) is 23.5 Å². The van der Waals surface area contributed by atoms with Gasteiger partial charge in [-0.3, -0.25) is 9.69 Å². The highest BCUT2D eigenvalue weighted by Gasteiger charge is 2.30. The molecule has 2 aromatic rings. The summed E-state index contributed by atoms with van der Waals surface area (Å²) in [6.45, 7) is 4.18. The fourth-order valence-electron chi connectivity index (χ4n) is 4.97. The van der Waals surface area contributed by atoms with Crippen molar-refractivity contribution in [3.63, 3.8) is 0 Å². The van der Waals surface area contributed by atoms with Crippen LogP contribution in [0.4, 0.5) is 5.69 Å². The van der Waals surface area contributed by atoms with Crippen LogP contribution in [0, 0.1) is 0 Å². The predicted octanol–water partition coefficient (Wildman–Crippen LogP) is 3.33. The zero-order valence-electron chi connectivity index (χ0n) is 20.7. The van der Waals surface area contributed by atoms with Crippen LogP contribution in [0.2, 0.25) is 0 Å². The summed E-state index contributed by atoms with van der Waals surface area (Å²) in [6, 6.07) is 15.6. The Morgan fingerprint density at radius 2 is 1.77 bits per heavy atom. The smallest absolute Gasteiger partial charge is 0.243 e. The predicted molar refractivity (Wildman–Crippen MR) is 138 cm³/mol. The highest BCUT2D eigenvalue weighted by Crippen LogP contribution is 2.32. The minimum absolute atomic E-state index is 0.0474. The average molecular weight is 500 g/mol. The molecule has 2 aliphatic rings. The van der Waals surface area contributed by atoms with Gasteiger partial charge in [-0.05, 0) is 68.0 Å². The summed E-state index contributed by atoms with van der Waals surface area (Å²) in [5.74, 6) is 0.0474. The number of hydrogen-bond donors (Lipinski definition) is 0. The summed E-state index contributed by atoms with van der Waals surface area (Å²) >= 11 is 0. The second-order valence-corrected chi connectivity index (χ2v) is 11.3. The van der Waals surface area contributed by atoms with Gasteiger partial charge in [0.25, 0.3) is 0 Å². The Balaban J connectivity index is 1.39. The van der Waals surface area contributed by atoms with Gasteiger partial charge in [-0.1, -0.05) is 36.8 Å². The summed E-state index contributed by atoms with van der Waals surface area (Å²) in [5, 5.41) is 0. The van der Waals surface area contributed by atoms with Gasteiger partial charge in [0.15, 0.2) is 0 Å². The number of carbonyl (C=O) groups excluding carboxylic acids is 1. The molecular weight excluding hydrogens is 462 g/mol. The Labute approximate surface area is 209 Å². The van der Waals surface area contributed by atoms with Crippen LogP contribution in [0.3, 0.4) is 0 Å². The second-order valence-electron chi connectivity index (χ2n) is 9.41. The average Bonchev–Trinajstić information content (AvgIpc) is 3.32. The molecule has 1 saturated heterocycles. The molecule has 0 aromatic heterocycles. The number of hydrogen-bond acceptors (Lipinski definition) is 5. The Bertz CT molecular complexity index is 1080. The zero-order valence-corrected chi connectivity index (χ0v) is 21.5. The largest absolute Gasteiger partial charge is 0.383 e. The van der Waals surface area contributed by atoms with Gasteiger partial charge in [0.1, 0.15) is 0 Å². The number of benzene rings is 2. The van der Waals surface area contributed by atoms with Gasteiger partial charge >= 0.3 is 0 Å². The molecule has 2 aliphatic heterocycles. The molecule has 0 radical (unpaired) electrons. The Morgan fingerprint density at radius 1 is 1.00 bits per heavy atom. The van der Waals surface area contributed by atoms with Crippen LogP contribution in [0.5, 0.6) is 0 Å². The lowest BCUT2D eigenvalue weighted by Crippen LogP contribution is -2.41. The fourth-order valence-corrected chi connectivity index (χ4v) is 6.54. The standard InChI is InChI=1S/C27H37N3O4S/c1-34-20-19-28(15-8-11-23-9-4-2-5-10-23)22-27(31)30-18-14-24-21-25(12-13-26(24)30)35(32,33)29-16-6-3-7-17-29/h2,4-5,9-10,12-13,21H,3,6-8,11,14-20,22H2,1H3. The highest BCUT2D eigenvalue weighted by atomic mass is 32.2. The van der Waals surface area contributed by atoms with Crippen LogP contribution < -0.4 is 4.90 Å². The molecule has 2 heterocycles. The van der Waals surface area contributed by atoms with Crippen molar-refractivity contribution < 1.29 is 17.9 Å². The first kappa shape index (κ1) is 25.8. The Hall–Kier alpha value is -2.26. The summed E-state index contributed by atoms with van der Waals surface area (Å²) < 4.78 is 33.0. The molecule has 8 heteroatoms. The van der Waals surface area contributed by atoms with E-state index in [4.69, 9.17) is 4.74 Å². The van der Waals surface area contributed by atoms with E-state index in [9.17, 15) is 13.2 Å². The van der Waals surface area contributed by atoms with Crippen LogP contribution in [-0.2, 0) is 32.4 Å². The van der Waals surface area contributed by atoms with E-state index < -0.39 is 10.0 Å². The minimum atomic E-state index is -3.48. The number of amides is 1. The van der Waals surface area contributed by atoms with Crippen LogP contribution >= 0.6 is 0 Å². The molecule has 7 nitrogen and oxygen atoms in total. The van der Waals surface area contributed by atoms with E-state index in [1.807, 2.05) is 17.0 Å². The van der Waals surface area contributed by atoms with E-state index >= 15 is 0 Å². The maximum absolute atomic E-state index is 13.3. The van der Waals surface area contributed by atoms with E-state index in [1.165, 1.54) is 5.56 Å². The molecule has 1 fully saturated rings. The molecule has 0 N–H and O–H groups in total. The number of nitrogens with zero attached hydrogens (tertiary/aromatic N) is 3. The third kappa shape index (κ3) is 6.50. The Morgan fingerprint density at radius 3 is 2.51 bits per heavy atom. The molecule has 4 rings (SSSR count). The maximum atomic E-state index is 13.3. The van der Waals surface area contributed by atoms with Gasteiger partial charge < -0.3 is 9.64 Å². The zero-order chi connectivity index (χ0) is 24.7. The lowest BCUT2D eigenvalue weighted by Gasteiger charge is -2.26. The highest BCUT2D eigenvalue weighted by molar-refractivity contribution is 7.89. The van der Waals surface area contributed by atoms with E-state index in [0.29, 0.717) is 50.6 Å². The SMILES string of the molecule is COCCN(CCCc1ccccc1)CC(=O)N1CCc2cc(S(=O)(=O)N3CCCCC3)ccc21. The number of methoxy groups -OCH3 is 1. The third-order valence-corrected chi connectivity index (χ3v) is 8.85. The summed E-state index contributed by atoms with van der Waals surface area (Å²) in [5.41, 5.74) is 3.07. The number of aryl methyl sites for hydroxylation is 1. The number of piperidine rings is 1. The number of rotatable bonds is 11. The van der Waals surface area contributed by atoms with Gasteiger partial charge in [-0.25, -0.2) is 8.42 Å². The van der Waals surface area contributed by atoms with E-state index in [0.717, 1.165) is 49.9 Å². The van der Waals surface area contributed by atoms with Gasteiger partial charge in [0.05, 0.1) is 18.0 Å². The molecule has 0 aliphatic carbocycles. The quantitative estimate of drug-likeness (QED) is 0.474. The lowest BCUT2D eigenvalue weighted by atomic mass is 10.1. The van der Waals surface area contributed by atoms with Crippen molar-refractivity contribution in [2.24, 2.45) is 0 Å².